The summed E-state index contributed by atoms with van der Waals surface area (Å²) in [6.07, 6.45) is 91.4. The molecule has 1 aliphatic heterocycles. The summed E-state index contributed by atoms with van der Waals surface area (Å²) in [6, 6.07) is 20.3. The van der Waals surface area contributed by atoms with Gasteiger partial charge in [-0.2, -0.15) is 0 Å². The van der Waals surface area contributed by atoms with Crippen LogP contribution in [0.25, 0.3) is 16.9 Å². The van der Waals surface area contributed by atoms with Gasteiger partial charge in [0.15, 0.2) is 0 Å². The van der Waals surface area contributed by atoms with Gasteiger partial charge < -0.3 is 5.53 Å². The van der Waals surface area contributed by atoms with Gasteiger partial charge in [-0.25, -0.2) is 4.70 Å². The van der Waals surface area contributed by atoms with Gasteiger partial charge >= 0.3 is 166 Å². The monoisotopic (exact) mass is 1430 g/mol. The predicted molar refractivity (Wildman–Crippen MR) is 448 cm³/mol. The van der Waals surface area contributed by atoms with Gasteiger partial charge in [0.1, 0.15) is 0 Å². The SMILES string of the molecule is CCCCC=CCC(CCc1ccccc1C1=CC(C)=C(c2ccccc2CCC(CC=CCCCC)C[Si](C)(C)C)[N+]1=[N-])C[Si](C)(C)C.CCCCCCCCCCCCCCCCCCCCCCC[CH2][Ni][CH2]CCCCCCCCCCCCCCCCCCCCCCC. The molecule has 5 heteroatoms. The Kier molecular flexibility index (Phi) is 60.6. The number of hydrogen-bond acceptors (Lipinski definition) is 0. The summed E-state index contributed by atoms with van der Waals surface area (Å²) in [5.41, 5.74) is 19.9. The number of rotatable bonds is 68. The van der Waals surface area contributed by atoms with Gasteiger partial charge in [-0.1, -0.05) is 307 Å². The van der Waals surface area contributed by atoms with E-state index in [1.54, 1.807) is 0 Å². The van der Waals surface area contributed by atoms with Crippen molar-refractivity contribution in [2.24, 2.45) is 11.8 Å². The van der Waals surface area contributed by atoms with Crippen LogP contribution in [0.2, 0.25) is 62.2 Å². The van der Waals surface area contributed by atoms with E-state index < -0.39 is 16.1 Å². The van der Waals surface area contributed by atoms with E-state index in [9.17, 15) is 5.53 Å². The molecule has 98 heavy (non-hydrogen) atoms. The predicted octanol–water partition coefficient (Wildman–Crippen LogP) is 33.7. The molecule has 0 aromatic heterocycles. The third kappa shape index (κ3) is 52.8. The number of nitrogens with zero attached hydrogens (tertiary/aromatic N) is 2. The molecule has 0 saturated heterocycles. The second-order valence-corrected chi connectivity index (χ2v) is 46.1. The standard InChI is InChI=1S/C45H70N2Si2.2C24H49.Ni/c1-10-12-14-16-18-24-38(35-48(4,5)6)30-32-40-26-20-22-28-42(40)44-34-37(3)45(47(44)46)43-29-23-21-27-41(43)33-31-39(36-49(7,8)9)25-19-17-15-13-11-2;2*1-3-5-7-9-11-13-15-17-19-21-23-24-22-20-18-16-14-12-10-8-6-4-2;/h16-23,26-29,34,38-39H,10-15,24-25,30-33,35-36H2,1-9H3;2*1,3-24H2,2H3;. The molecule has 0 fully saturated rings. The number of unbranched alkanes of at least 4 members (excludes halogenated alkanes) is 46. The van der Waals surface area contributed by atoms with Crippen LogP contribution in [-0.4, -0.2) is 20.8 Å². The summed E-state index contributed by atoms with van der Waals surface area (Å²) in [7, 11) is -2.37. The third-order valence-corrected chi connectivity index (χ3v) is 26.1. The van der Waals surface area contributed by atoms with Crippen LogP contribution in [0.1, 0.15) is 404 Å². The molecule has 0 spiro atoms. The fourth-order valence-electron chi connectivity index (χ4n) is 15.2. The Morgan fingerprint density at radius 1 is 0.357 bits per heavy atom. The summed E-state index contributed by atoms with van der Waals surface area (Å²) >= 11 is 2.05. The van der Waals surface area contributed by atoms with Crippen molar-refractivity contribution in [1.82, 2.24) is 0 Å². The van der Waals surface area contributed by atoms with Crippen LogP contribution in [-0.2, 0) is 27.3 Å². The van der Waals surface area contributed by atoms with Gasteiger partial charge in [0.05, 0.1) is 0 Å². The molecule has 2 aromatic carbocycles. The maximum absolute atomic E-state index is 11.9. The van der Waals surface area contributed by atoms with E-state index in [0.29, 0.717) is 11.8 Å². The molecule has 2 nitrogen and oxygen atoms in total. The molecule has 0 bridgehead atoms. The topological polar surface area (TPSA) is 25.3 Å². The molecule has 0 radical (unpaired) electrons. The van der Waals surface area contributed by atoms with E-state index >= 15 is 0 Å². The minimum atomic E-state index is -1.19. The van der Waals surface area contributed by atoms with E-state index in [-0.39, 0.29) is 0 Å². The average molecular weight is 1430 g/mol. The Bertz CT molecular complexity index is 2210. The number of allylic oxidation sites excluding steroid dienone is 6. The Morgan fingerprint density at radius 3 is 0.939 bits per heavy atom. The van der Waals surface area contributed by atoms with Crippen LogP contribution in [0.15, 0.2) is 84.5 Å². The number of aryl methyl sites for hydroxylation is 2. The first-order valence-corrected chi connectivity index (χ1v) is 52.4. The summed E-state index contributed by atoms with van der Waals surface area (Å²) in [6.45, 7) is 26.4. The van der Waals surface area contributed by atoms with E-state index in [2.05, 4.69) is 167 Å². The molecule has 0 N–H and O–H groups in total. The van der Waals surface area contributed by atoms with E-state index in [1.807, 2.05) is 0 Å². The summed E-state index contributed by atoms with van der Waals surface area (Å²) in [4.78, 5) is 0. The van der Waals surface area contributed by atoms with Gasteiger partial charge in [0.2, 0.25) is 11.4 Å². The Hall–Kier alpha value is -2.07. The molecule has 1 aliphatic rings. The van der Waals surface area contributed by atoms with Gasteiger partial charge in [-0.3, -0.25) is 0 Å². The minimum Gasteiger partial charge on any atom is -0.0654 e. The van der Waals surface area contributed by atoms with Crippen LogP contribution < -0.4 is 0 Å². The Balaban J connectivity index is 0.000000667. The van der Waals surface area contributed by atoms with Crippen LogP contribution in [0.4, 0.5) is 0 Å². The number of hydrogen-bond donors (Lipinski definition) is 0. The van der Waals surface area contributed by atoms with Crippen molar-refractivity contribution < 1.29 is 19.1 Å². The van der Waals surface area contributed by atoms with Gasteiger partial charge in [-0.15, -0.1) is 0 Å². The molecule has 2 unspecified atom stereocenters. The normalized spacial score (nSPS) is 13.6. The molecule has 1 heterocycles. The first-order chi connectivity index (χ1) is 47.7. The van der Waals surface area contributed by atoms with Gasteiger partial charge in [0, 0.05) is 38.9 Å². The van der Waals surface area contributed by atoms with Crippen molar-refractivity contribution in [3.05, 3.63) is 112 Å². The van der Waals surface area contributed by atoms with Crippen LogP contribution in [0.3, 0.4) is 0 Å². The fraction of sp³-hybridized carbons (Fsp3) is 0.785. The maximum atomic E-state index is 11.9. The van der Waals surface area contributed by atoms with Crippen molar-refractivity contribution in [2.45, 2.75) is 456 Å². The first kappa shape index (κ1) is 92.0. The quantitative estimate of drug-likeness (QED) is 0.0273. The molecule has 0 amide bonds. The number of benzene rings is 2. The summed E-state index contributed by atoms with van der Waals surface area (Å²) < 4.78 is 1.50. The summed E-state index contributed by atoms with van der Waals surface area (Å²) in [5.74, 6) is 1.41. The Morgan fingerprint density at radius 2 is 0.633 bits per heavy atom. The zero-order valence-corrected chi connectivity index (χ0v) is 70.8. The van der Waals surface area contributed by atoms with Crippen molar-refractivity contribution in [2.75, 3.05) is 0 Å². The van der Waals surface area contributed by atoms with Crippen LogP contribution >= 0.6 is 0 Å². The van der Waals surface area contributed by atoms with E-state index in [1.165, 1.54) is 391 Å². The molecule has 0 saturated carbocycles. The van der Waals surface area contributed by atoms with E-state index in [0.717, 1.165) is 35.4 Å². The van der Waals surface area contributed by atoms with E-state index in [4.69, 9.17) is 0 Å². The molecule has 2 atom stereocenters. The van der Waals surface area contributed by atoms with Crippen molar-refractivity contribution in [1.29, 1.82) is 0 Å². The first-order valence-electron chi connectivity index (χ1n) is 43.6. The average Bonchev–Trinajstić information content (AvgIpc) is 1.62. The second-order valence-electron chi connectivity index (χ2n) is 33.5. The summed E-state index contributed by atoms with van der Waals surface area (Å²) in [5, 5.41) is 2.87. The fourth-order valence-corrected chi connectivity index (χ4v) is 20.7. The molecule has 2 aromatic rings. The van der Waals surface area contributed by atoms with Gasteiger partial charge in [-0.05, 0) is 93.4 Å². The minimum absolute atomic E-state index is 0.707. The van der Waals surface area contributed by atoms with Crippen LogP contribution in [0.5, 0.6) is 0 Å². The second kappa shape index (κ2) is 64.5. The molecule has 568 valence electrons. The molecule has 3 rings (SSSR count). The molecular weight excluding hydrogens is 1260 g/mol. The smallest absolute Gasteiger partial charge is 0.0654 e. The zero-order chi connectivity index (χ0) is 71.1. The van der Waals surface area contributed by atoms with Crippen molar-refractivity contribution in [3.63, 3.8) is 0 Å². The van der Waals surface area contributed by atoms with Crippen molar-refractivity contribution >= 4 is 27.5 Å². The van der Waals surface area contributed by atoms with Crippen molar-refractivity contribution in [3.8, 4) is 0 Å². The zero-order valence-electron chi connectivity index (χ0n) is 67.8. The Labute approximate surface area is 622 Å². The van der Waals surface area contributed by atoms with Crippen LogP contribution in [0, 0.1) is 11.8 Å². The molecular formula is C93H168N2NiSi2. The molecule has 0 aliphatic carbocycles. The third-order valence-electron chi connectivity index (χ3n) is 21.1. The van der Waals surface area contributed by atoms with Gasteiger partial charge in [0.25, 0.3) is 0 Å².